The van der Waals surface area contributed by atoms with E-state index in [1.165, 1.54) is 0 Å². The van der Waals surface area contributed by atoms with Crippen LogP contribution < -0.4 is 5.32 Å². The fourth-order valence-corrected chi connectivity index (χ4v) is 1.27. The molecule has 0 aromatic carbocycles. The van der Waals surface area contributed by atoms with Crippen LogP contribution in [0, 0.1) is 6.92 Å². The predicted octanol–water partition coefficient (Wildman–Crippen LogP) is -0.271. The lowest BCUT2D eigenvalue weighted by Gasteiger charge is -2.06. The van der Waals surface area contributed by atoms with Crippen LogP contribution in [-0.4, -0.2) is 40.5 Å². The molecular weight excluding hydrogens is 214 g/mol. The average Bonchev–Trinajstić information content (AvgIpc) is 2.59. The molecule has 4 N–H and O–H groups in total. The maximum atomic E-state index is 10.7. The van der Waals surface area contributed by atoms with Crippen LogP contribution >= 0.6 is 0 Å². The average molecular weight is 229 g/mol. The highest BCUT2D eigenvalue weighted by atomic mass is 16.4. The number of aryl methyl sites for hydroxylation is 1. The molecule has 0 saturated heterocycles. The largest absolute Gasteiger partial charge is 0.475 e. The van der Waals surface area contributed by atoms with Gasteiger partial charge in [-0.3, -0.25) is 0 Å². The van der Waals surface area contributed by atoms with Gasteiger partial charge in [0.2, 0.25) is 5.76 Å². The predicted molar refractivity (Wildman–Crippen MR) is 55.2 cm³/mol. The fraction of sp³-hybridized carbons (Fsp3) is 0.500. The van der Waals surface area contributed by atoms with Crippen molar-refractivity contribution in [1.29, 1.82) is 0 Å². The Morgan fingerprint density at radius 3 is 2.81 bits per heavy atom. The van der Waals surface area contributed by atoms with Gasteiger partial charge in [0.15, 0.2) is 0 Å². The highest BCUT2D eigenvalue weighted by molar-refractivity contribution is 5.86. The third kappa shape index (κ3) is 3.34. The number of hydrogen-bond acceptors (Lipinski definition) is 5. The number of aromatic carboxylic acids is 1. The maximum Gasteiger partial charge on any atom is 0.372 e. The molecule has 1 atom stereocenters. The Hall–Kier alpha value is -1.37. The summed E-state index contributed by atoms with van der Waals surface area (Å²) in [7, 11) is 0. The summed E-state index contributed by atoms with van der Waals surface area (Å²) in [6, 6.07) is 1.63. The van der Waals surface area contributed by atoms with E-state index in [0.717, 1.165) is 0 Å². The smallest absolute Gasteiger partial charge is 0.372 e. The quantitative estimate of drug-likeness (QED) is 0.535. The van der Waals surface area contributed by atoms with E-state index in [2.05, 4.69) is 5.32 Å². The van der Waals surface area contributed by atoms with Gasteiger partial charge in [-0.1, -0.05) is 0 Å². The molecule has 16 heavy (non-hydrogen) atoms. The Bertz CT molecular complexity index is 360. The van der Waals surface area contributed by atoms with Gasteiger partial charge in [-0.25, -0.2) is 4.79 Å². The third-order valence-electron chi connectivity index (χ3n) is 2.05. The second-order valence-electron chi connectivity index (χ2n) is 3.50. The van der Waals surface area contributed by atoms with Gasteiger partial charge in [-0.05, 0) is 13.0 Å². The Morgan fingerprint density at radius 2 is 2.31 bits per heavy atom. The first-order chi connectivity index (χ1) is 7.54. The summed E-state index contributed by atoms with van der Waals surface area (Å²) in [5.41, 5.74) is 0.562. The van der Waals surface area contributed by atoms with Gasteiger partial charge in [0, 0.05) is 12.1 Å². The highest BCUT2D eigenvalue weighted by Gasteiger charge is 2.14. The summed E-state index contributed by atoms with van der Waals surface area (Å²) in [5.74, 6) is -0.682. The first-order valence-corrected chi connectivity index (χ1v) is 4.86. The van der Waals surface area contributed by atoms with Gasteiger partial charge in [0.25, 0.3) is 0 Å². The van der Waals surface area contributed by atoms with E-state index in [1.807, 2.05) is 0 Å². The molecule has 1 unspecified atom stereocenters. The van der Waals surface area contributed by atoms with E-state index in [-0.39, 0.29) is 18.9 Å². The molecule has 0 bridgehead atoms. The molecule has 0 aliphatic carbocycles. The topological polar surface area (TPSA) is 103 Å². The summed E-state index contributed by atoms with van der Waals surface area (Å²) in [4.78, 5) is 10.7. The van der Waals surface area contributed by atoms with E-state index in [4.69, 9.17) is 19.7 Å². The number of carboxylic acids is 1. The minimum atomic E-state index is -1.10. The molecule has 6 nitrogen and oxygen atoms in total. The highest BCUT2D eigenvalue weighted by Crippen LogP contribution is 2.14. The Kier molecular flexibility index (Phi) is 4.48. The molecule has 0 amide bonds. The number of aliphatic hydroxyl groups is 2. The number of rotatable bonds is 6. The van der Waals surface area contributed by atoms with Gasteiger partial charge in [0.05, 0.1) is 19.3 Å². The molecule has 1 rings (SSSR count). The molecule has 0 radical (unpaired) electrons. The van der Waals surface area contributed by atoms with Crippen molar-refractivity contribution < 1.29 is 24.5 Å². The third-order valence-corrected chi connectivity index (χ3v) is 2.05. The van der Waals surface area contributed by atoms with Gasteiger partial charge < -0.3 is 25.1 Å². The van der Waals surface area contributed by atoms with Gasteiger partial charge in [-0.15, -0.1) is 0 Å². The van der Waals surface area contributed by atoms with Crippen molar-refractivity contribution in [3.63, 3.8) is 0 Å². The molecule has 0 aliphatic rings. The van der Waals surface area contributed by atoms with Gasteiger partial charge >= 0.3 is 5.97 Å². The lowest BCUT2D eigenvalue weighted by molar-refractivity contribution is 0.0658. The molecule has 1 aromatic heterocycles. The summed E-state index contributed by atoms with van der Waals surface area (Å²) in [6.07, 6.45) is -0.824. The van der Waals surface area contributed by atoms with Crippen molar-refractivity contribution in [2.75, 3.05) is 13.2 Å². The molecule has 0 saturated carbocycles. The lowest BCUT2D eigenvalue weighted by atomic mass is 10.2. The van der Waals surface area contributed by atoms with Crippen LogP contribution in [0.2, 0.25) is 0 Å². The molecular formula is C10H15NO5. The van der Waals surface area contributed by atoms with Crippen LogP contribution in [0.1, 0.15) is 21.9 Å². The zero-order valence-electron chi connectivity index (χ0n) is 8.93. The first kappa shape index (κ1) is 12.7. The van der Waals surface area contributed by atoms with E-state index < -0.39 is 12.1 Å². The monoisotopic (exact) mass is 229 g/mol. The van der Waals surface area contributed by atoms with E-state index in [9.17, 15) is 4.79 Å². The number of furan rings is 1. The number of carbonyl (C=O) groups is 1. The minimum absolute atomic E-state index is 0.0699. The van der Waals surface area contributed by atoms with Crippen LogP contribution in [0.15, 0.2) is 10.5 Å². The number of hydrogen-bond donors (Lipinski definition) is 4. The van der Waals surface area contributed by atoms with E-state index >= 15 is 0 Å². The number of nitrogens with one attached hydrogen (secondary N) is 1. The normalized spacial score (nSPS) is 12.7. The second kappa shape index (κ2) is 5.64. The van der Waals surface area contributed by atoms with Crippen LogP contribution in [0.4, 0.5) is 0 Å². The fourth-order valence-electron chi connectivity index (χ4n) is 1.27. The van der Waals surface area contributed by atoms with Crippen molar-refractivity contribution in [3.05, 3.63) is 23.2 Å². The Morgan fingerprint density at radius 1 is 1.62 bits per heavy atom. The summed E-state index contributed by atoms with van der Waals surface area (Å²) in [6.45, 7) is 1.87. The lowest BCUT2D eigenvalue weighted by Crippen LogP contribution is -2.28. The molecule has 1 heterocycles. The molecule has 1 aromatic rings. The van der Waals surface area contributed by atoms with Crippen LogP contribution in [0.3, 0.4) is 0 Å². The van der Waals surface area contributed by atoms with E-state index in [0.29, 0.717) is 17.9 Å². The van der Waals surface area contributed by atoms with Crippen LogP contribution in [0.25, 0.3) is 0 Å². The van der Waals surface area contributed by atoms with Crippen molar-refractivity contribution in [1.82, 2.24) is 5.32 Å². The van der Waals surface area contributed by atoms with Gasteiger partial charge in [0.1, 0.15) is 5.76 Å². The van der Waals surface area contributed by atoms with Crippen molar-refractivity contribution in [2.24, 2.45) is 0 Å². The van der Waals surface area contributed by atoms with Crippen LogP contribution in [0.5, 0.6) is 0 Å². The molecule has 0 spiro atoms. The zero-order valence-corrected chi connectivity index (χ0v) is 8.93. The maximum absolute atomic E-state index is 10.7. The molecule has 90 valence electrons. The van der Waals surface area contributed by atoms with Crippen molar-refractivity contribution in [2.45, 2.75) is 19.6 Å². The van der Waals surface area contributed by atoms with Gasteiger partial charge in [-0.2, -0.15) is 0 Å². The minimum Gasteiger partial charge on any atom is -0.475 e. The molecule has 0 fully saturated rings. The van der Waals surface area contributed by atoms with E-state index in [1.54, 1.807) is 13.0 Å². The second-order valence-corrected chi connectivity index (χ2v) is 3.50. The summed E-state index contributed by atoms with van der Waals surface area (Å²) in [5, 5.41) is 29.2. The molecule has 6 heteroatoms. The summed E-state index contributed by atoms with van der Waals surface area (Å²) < 4.78 is 5.09. The zero-order chi connectivity index (χ0) is 12.1. The first-order valence-electron chi connectivity index (χ1n) is 4.86. The standard InChI is InChI=1S/C10H15NO5/c1-6-2-8(16-9(6)10(14)15)4-11-3-7(13)5-12/h2,7,11-13H,3-5H2,1H3,(H,14,15). The Labute approximate surface area is 92.5 Å². The number of carboxylic acid groups (broad SMARTS) is 1. The Balaban J connectivity index is 2.49. The molecule has 0 aliphatic heterocycles. The van der Waals surface area contributed by atoms with Crippen molar-refractivity contribution in [3.8, 4) is 0 Å². The number of aliphatic hydroxyl groups excluding tert-OH is 2. The summed E-state index contributed by atoms with van der Waals surface area (Å²) >= 11 is 0. The van der Waals surface area contributed by atoms with Crippen molar-refractivity contribution >= 4 is 5.97 Å². The SMILES string of the molecule is Cc1cc(CNCC(O)CO)oc1C(=O)O. The van der Waals surface area contributed by atoms with Crippen LogP contribution in [-0.2, 0) is 6.54 Å².